The lowest BCUT2D eigenvalue weighted by atomic mass is 9.64. The normalized spacial score (nSPS) is 23.5. The highest BCUT2D eigenvalue weighted by atomic mass is 35.5. The molecule has 2 aromatic rings. The average Bonchev–Trinajstić information content (AvgIpc) is 2.46. The second-order valence-electron chi connectivity index (χ2n) is 5.46. The topological polar surface area (TPSA) is 0 Å². The van der Waals surface area contributed by atoms with Gasteiger partial charge in [-0.05, 0) is 34.5 Å². The molecule has 0 radical (unpaired) electrons. The lowest BCUT2D eigenvalue weighted by molar-refractivity contribution is 0.443. The van der Waals surface area contributed by atoms with Crippen LogP contribution in [0.2, 0.25) is 5.82 Å². The van der Waals surface area contributed by atoms with Gasteiger partial charge >= 0.3 is 5.54 Å². The third kappa shape index (κ3) is 2.64. The summed E-state index contributed by atoms with van der Waals surface area (Å²) in [5.74, 6) is 0.891. The summed E-state index contributed by atoms with van der Waals surface area (Å²) in [6, 6.07) is 15.2. The van der Waals surface area contributed by atoms with Crippen LogP contribution in [-0.2, 0) is 0 Å². The molecule has 0 amide bonds. The van der Waals surface area contributed by atoms with Crippen molar-refractivity contribution < 1.29 is 0 Å². The summed E-state index contributed by atoms with van der Waals surface area (Å²) >= 11 is 12.4. The van der Waals surface area contributed by atoms with Gasteiger partial charge in [-0.2, -0.15) is 22.9 Å². The highest BCUT2D eigenvalue weighted by molar-refractivity contribution is 7.34. The molecule has 2 unspecified atom stereocenters. The Labute approximate surface area is 125 Å². The Hall–Kier alpha value is -0.655. The molecule has 0 heterocycles. The fourth-order valence-corrected chi connectivity index (χ4v) is 4.02. The fraction of sp³-hybridized carbons (Fsp3) is 0.375. The quantitative estimate of drug-likeness (QED) is 0.610. The van der Waals surface area contributed by atoms with Gasteiger partial charge in [-0.25, -0.2) is 0 Å². The van der Waals surface area contributed by atoms with Crippen LogP contribution in [0.25, 0.3) is 10.8 Å². The molecule has 2 atom stereocenters. The van der Waals surface area contributed by atoms with Gasteiger partial charge in [0.25, 0.3) is 0 Å². The number of fused-ring (bicyclic) bond motifs is 1. The fourth-order valence-electron chi connectivity index (χ4n) is 3.42. The molecule has 19 heavy (non-hydrogen) atoms. The first kappa shape index (κ1) is 13.3. The van der Waals surface area contributed by atoms with Gasteiger partial charge in [0.1, 0.15) is 0 Å². The lowest BCUT2D eigenvalue weighted by Gasteiger charge is -2.32. The molecule has 0 nitrogen and oxygen atoms in total. The van der Waals surface area contributed by atoms with Crippen molar-refractivity contribution in [2.45, 2.75) is 37.4 Å². The highest BCUT2D eigenvalue weighted by Crippen LogP contribution is 2.46. The van der Waals surface area contributed by atoms with Crippen molar-refractivity contribution in [3.63, 3.8) is 0 Å². The minimum absolute atomic E-state index is 0.260. The second kappa shape index (κ2) is 5.77. The van der Waals surface area contributed by atoms with Crippen LogP contribution in [0.4, 0.5) is 0 Å². The predicted molar refractivity (Wildman–Crippen MR) is 86.4 cm³/mol. The van der Waals surface area contributed by atoms with Crippen LogP contribution >= 0.6 is 22.9 Å². The predicted octanol–water partition coefficient (Wildman–Crippen LogP) is 5.83. The molecule has 3 rings (SSSR count). The maximum absolute atomic E-state index is 6.22. The molecular weight excluding hydrogens is 274 g/mol. The maximum Gasteiger partial charge on any atom is 0.355 e. The number of rotatable bonds is 2. The van der Waals surface area contributed by atoms with E-state index in [4.69, 9.17) is 22.9 Å². The van der Waals surface area contributed by atoms with E-state index in [1.54, 1.807) is 0 Å². The zero-order valence-corrected chi connectivity index (χ0v) is 12.4. The Morgan fingerprint density at radius 2 is 1.63 bits per heavy atom. The van der Waals surface area contributed by atoms with Gasteiger partial charge in [0.05, 0.1) is 0 Å². The van der Waals surface area contributed by atoms with Gasteiger partial charge in [-0.3, -0.25) is 0 Å². The molecule has 1 aliphatic rings. The smallest absolute Gasteiger partial charge is 0.171 e. The summed E-state index contributed by atoms with van der Waals surface area (Å²) in [6.07, 6.45) is 4.88. The summed E-state index contributed by atoms with van der Waals surface area (Å²) in [4.78, 5) is 0. The van der Waals surface area contributed by atoms with Gasteiger partial charge in [0, 0.05) is 0 Å². The molecule has 0 saturated heterocycles. The summed E-state index contributed by atoms with van der Waals surface area (Å²) in [5, 5.41) is 2.67. The van der Waals surface area contributed by atoms with Crippen LogP contribution in [0.1, 0.15) is 37.2 Å². The van der Waals surface area contributed by atoms with E-state index in [9.17, 15) is 0 Å². The van der Waals surface area contributed by atoms with Crippen molar-refractivity contribution >= 4 is 39.2 Å². The molecule has 0 spiro atoms. The molecule has 1 fully saturated rings. The standard InChI is InChI=1S/C16H17BCl2/c18-17(19)16-11-4-3-9-15(16)14-10-5-7-12-6-1-2-8-13(12)14/h1-2,5-8,10,15-16H,3-4,9,11H2. The Balaban J connectivity index is 2.07. The summed E-state index contributed by atoms with van der Waals surface area (Å²) in [5.41, 5.74) is 1.17. The Morgan fingerprint density at radius 1 is 0.895 bits per heavy atom. The third-order valence-corrected chi connectivity index (χ3v) is 5.01. The molecule has 1 aliphatic carbocycles. The van der Waals surface area contributed by atoms with E-state index in [0.717, 1.165) is 6.42 Å². The highest BCUT2D eigenvalue weighted by Gasteiger charge is 2.34. The minimum atomic E-state index is -0.260. The maximum atomic E-state index is 6.22. The van der Waals surface area contributed by atoms with E-state index in [-0.39, 0.29) is 5.54 Å². The first-order valence-corrected chi connectivity index (χ1v) is 7.90. The van der Waals surface area contributed by atoms with E-state index in [1.165, 1.54) is 35.6 Å². The van der Waals surface area contributed by atoms with Crippen molar-refractivity contribution in [2.24, 2.45) is 0 Å². The monoisotopic (exact) mass is 290 g/mol. The molecular formula is C16H17BCl2. The van der Waals surface area contributed by atoms with Crippen LogP contribution in [-0.4, -0.2) is 5.54 Å². The molecule has 0 aromatic heterocycles. The number of halogens is 2. The Kier molecular flexibility index (Phi) is 4.05. The van der Waals surface area contributed by atoms with Gasteiger partial charge in [-0.15, -0.1) is 0 Å². The van der Waals surface area contributed by atoms with Crippen LogP contribution in [0.5, 0.6) is 0 Å². The summed E-state index contributed by atoms with van der Waals surface area (Å²) in [7, 11) is 0. The van der Waals surface area contributed by atoms with Crippen molar-refractivity contribution in [3.8, 4) is 0 Å². The lowest BCUT2D eigenvalue weighted by Crippen LogP contribution is -2.20. The molecule has 3 heteroatoms. The molecule has 0 bridgehead atoms. The van der Waals surface area contributed by atoms with Crippen molar-refractivity contribution in [2.75, 3.05) is 0 Å². The van der Waals surface area contributed by atoms with E-state index in [0.29, 0.717) is 11.7 Å². The summed E-state index contributed by atoms with van der Waals surface area (Å²) < 4.78 is 0. The minimum Gasteiger partial charge on any atom is -0.171 e. The van der Waals surface area contributed by atoms with E-state index < -0.39 is 0 Å². The Bertz CT molecular complexity index is 562. The van der Waals surface area contributed by atoms with Crippen LogP contribution in [0.3, 0.4) is 0 Å². The van der Waals surface area contributed by atoms with Crippen molar-refractivity contribution in [1.82, 2.24) is 0 Å². The van der Waals surface area contributed by atoms with Gasteiger partial charge in [0.15, 0.2) is 0 Å². The number of benzene rings is 2. The second-order valence-corrected chi connectivity index (χ2v) is 6.62. The first-order valence-electron chi connectivity index (χ1n) is 7.03. The third-order valence-electron chi connectivity index (χ3n) is 4.37. The van der Waals surface area contributed by atoms with Crippen LogP contribution in [0.15, 0.2) is 42.5 Å². The number of hydrogen-bond acceptors (Lipinski definition) is 0. The van der Waals surface area contributed by atoms with Crippen molar-refractivity contribution in [3.05, 3.63) is 48.0 Å². The average molecular weight is 291 g/mol. The van der Waals surface area contributed by atoms with E-state index in [1.807, 2.05) is 0 Å². The molecule has 0 aliphatic heterocycles. The first-order chi connectivity index (χ1) is 9.27. The van der Waals surface area contributed by atoms with Gasteiger partial charge in [-0.1, -0.05) is 61.7 Å². The van der Waals surface area contributed by atoms with Crippen LogP contribution < -0.4 is 0 Å². The van der Waals surface area contributed by atoms with Gasteiger partial charge < -0.3 is 0 Å². The van der Waals surface area contributed by atoms with Gasteiger partial charge in [0.2, 0.25) is 0 Å². The van der Waals surface area contributed by atoms with E-state index in [2.05, 4.69) is 42.5 Å². The largest absolute Gasteiger partial charge is 0.355 e. The SMILES string of the molecule is ClB(Cl)C1CCCCC1c1cccc2ccccc12. The van der Waals surface area contributed by atoms with Crippen LogP contribution in [0, 0.1) is 0 Å². The van der Waals surface area contributed by atoms with Crippen molar-refractivity contribution in [1.29, 1.82) is 0 Å². The zero-order chi connectivity index (χ0) is 13.2. The molecule has 2 aromatic carbocycles. The molecule has 0 N–H and O–H groups in total. The summed E-state index contributed by atoms with van der Waals surface area (Å²) in [6.45, 7) is 0. The zero-order valence-electron chi connectivity index (χ0n) is 10.9. The Morgan fingerprint density at radius 3 is 2.47 bits per heavy atom. The number of hydrogen-bond donors (Lipinski definition) is 0. The molecule has 98 valence electrons. The molecule has 1 saturated carbocycles. The van der Waals surface area contributed by atoms with E-state index >= 15 is 0 Å².